The van der Waals surface area contributed by atoms with Crippen LogP contribution in [0.25, 0.3) is 0 Å². The molecule has 2 aromatic carbocycles. The lowest BCUT2D eigenvalue weighted by Crippen LogP contribution is -2.37. The van der Waals surface area contributed by atoms with Gasteiger partial charge in [-0.1, -0.05) is 30.3 Å². The van der Waals surface area contributed by atoms with E-state index in [2.05, 4.69) is 21.6 Å². The maximum Gasteiger partial charge on any atom is 0.315 e. The van der Waals surface area contributed by atoms with Crippen molar-refractivity contribution in [3.63, 3.8) is 0 Å². The second-order valence-corrected chi connectivity index (χ2v) is 6.88. The van der Waals surface area contributed by atoms with Gasteiger partial charge in [-0.15, -0.1) is 0 Å². The smallest absolute Gasteiger partial charge is 0.315 e. The number of benzene rings is 2. The van der Waals surface area contributed by atoms with Crippen molar-refractivity contribution in [2.24, 2.45) is 0 Å². The molecule has 0 bridgehead atoms. The summed E-state index contributed by atoms with van der Waals surface area (Å²) in [6.07, 6.45) is 0. The molecule has 1 saturated heterocycles. The molecule has 5 nitrogen and oxygen atoms in total. The number of nitrogens with one attached hydrogen (secondary N) is 2. The van der Waals surface area contributed by atoms with Crippen LogP contribution in [0.3, 0.4) is 0 Å². The van der Waals surface area contributed by atoms with Crippen molar-refractivity contribution >= 4 is 6.03 Å². The number of urea groups is 1. The van der Waals surface area contributed by atoms with Crippen molar-refractivity contribution in [2.45, 2.75) is 26.1 Å². The monoisotopic (exact) mass is 389 g/mol. The predicted molar refractivity (Wildman–Crippen MR) is 103 cm³/mol. The zero-order valence-electron chi connectivity index (χ0n) is 15.9. The molecule has 0 aliphatic carbocycles. The van der Waals surface area contributed by atoms with Gasteiger partial charge in [-0.05, 0) is 35.7 Å². The molecule has 2 amide bonds. The highest BCUT2D eigenvalue weighted by molar-refractivity contribution is 5.74. The van der Waals surface area contributed by atoms with E-state index in [4.69, 9.17) is 4.74 Å². The lowest BCUT2D eigenvalue weighted by Gasteiger charge is -2.27. The number of amides is 2. The van der Waals surface area contributed by atoms with Gasteiger partial charge in [-0.2, -0.15) is 0 Å². The molecule has 0 radical (unpaired) electrons. The molecule has 1 unspecified atom stereocenters. The Balaban J connectivity index is 1.54. The molecule has 0 saturated carbocycles. The van der Waals surface area contributed by atoms with Crippen LogP contribution in [0.5, 0.6) is 0 Å². The van der Waals surface area contributed by atoms with E-state index in [1.165, 1.54) is 11.6 Å². The standard InChI is InChI=1S/C21H25F2N3O2/c1-15(16-6-7-19(22)20(23)12-16)25-21(27)24-13-17-4-2-3-5-18(17)14-26-8-10-28-11-9-26/h2-7,12,15H,8-11,13-14H2,1H3,(H2,24,25,27). The van der Waals surface area contributed by atoms with E-state index in [1.54, 1.807) is 6.92 Å². The largest absolute Gasteiger partial charge is 0.379 e. The molecular formula is C21H25F2N3O2. The van der Waals surface area contributed by atoms with Gasteiger partial charge in [0.05, 0.1) is 19.3 Å². The van der Waals surface area contributed by atoms with Crippen molar-refractivity contribution in [1.82, 2.24) is 15.5 Å². The van der Waals surface area contributed by atoms with Crippen molar-refractivity contribution in [1.29, 1.82) is 0 Å². The van der Waals surface area contributed by atoms with Crippen LogP contribution in [0.1, 0.15) is 29.7 Å². The number of hydrogen-bond donors (Lipinski definition) is 2. The lowest BCUT2D eigenvalue weighted by molar-refractivity contribution is 0.0341. The van der Waals surface area contributed by atoms with E-state index >= 15 is 0 Å². The summed E-state index contributed by atoms with van der Waals surface area (Å²) >= 11 is 0. The van der Waals surface area contributed by atoms with Gasteiger partial charge in [0.25, 0.3) is 0 Å². The van der Waals surface area contributed by atoms with Crippen molar-refractivity contribution in [3.8, 4) is 0 Å². The number of carbonyl (C=O) groups is 1. The fourth-order valence-electron chi connectivity index (χ4n) is 3.17. The number of ether oxygens (including phenoxy) is 1. The second kappa shape index (κ2) is 9.61. The predicted octanol–water partition coefficient (Wildman–Crippen LogP) is 3.36. The SMILES string of the molecule is CC(NC(=O)NCc1ccccc1CN1CCOCC1)c1ccc(F)c(F)c1. The van der Waals surface area contributed by atoms with Crippen LogP contribution in [0.2, 0.25) is 0 Å². The average molecular weight is 389 g/mol. The second-order valence-electron chi connectivity index (χ2n) is 6.88. The Kier molecular flexibility index (Phi) is 6.95. The summed E-state index contributed by atoms with van der Waals surface area (Å²) in [6, 6.07) is 10.8. The van der Waals surface area contributed by atoms with E-state index in [0.717, 1.165) is 50.5 Å². The van der Waals surface area contributed by atoms with Gasteiger partial charge in [0.1, 0.15) is 0 Å². The normalized spacial score (nSPS) is 15.8. The number of carbonyl (C=O) groups excluding carboxylic acids is 1. The summed E-state index contributed by atoms with van der Waals surface area (Å²) in [5.74, 6) is -1.83. The van der Waals surface area contributed by atoms with E-state index in [9.17, 15) is 13.6 Å². The number of nitrogens with zero attached hydrogens (tertiary/aromatic N) is 1. The summed E-state index contributed by atoms with van der Waals surface area (Å²) in [5.41, 5.74) is 2.71. The molecule has 3 rings (SSSR count). The molecule has 1 fully saturated rings. The molecule has 150 valence electrons. The molecule has 7 heteroatoms. The first kappa shape index (κ1) is 20.2. The van der Waals surface area contributed by atoms with Crippen LogP contribution in [0.15, 0.2) is 42.5 Å². The van der Waals surface area contributed by atoms with Crippen LogP contribution < -0.4 is 10.6 Å². The number of morpholine rings is 1. The number of hydrogen-bond acceptors (Lipinski definition) is 3. The molecule has 1 aliphatic rings. The quantitative estimate of drug-likeness (QED) is 0.797. The van der Waals surface area contributed by atoms with Gasteiger partial charge >= 0.3 is 6.03 Å². The Morgan fingerprint density at radius 3 is 2.54 bits per heavy atom. The molecule has 2 aromatic rings. The molecule has 28 heavy (non-hydrogen) atoms. The van der Waals surface area contributed by atoms with Crippen LogP contribution in [0.4, 0.5) is 13.6 Å². The van der Waals surface area contributed by atoms with Crippen molar-refractivity contribution in [3.05, 3.63) is 70.8 Å². The maximum atomic E-state index is 13.4. The Morgan fingerprint density at radius 2 is 1.82 bits per heavy atom. The minimum Gasteiger partial charge on any atom is -0.379 e. The van der Waals surface area contributed by atoms with Gasteiger partial charge in [-0.25, -0.2) is 13.6 Å². The Hall–Kier alpha value is -2.51. The fraction of sp³-hybridized carbons (Fsp3) is 0.381. The lowest BCUT2D eigenvalue weighted by atomic mass is 10.1. The molecule has 0 aromatic heterocycles. The van der Waals surface area contributed by atoms with Gasteiger partial charge in [-0.3, -0.25) is 4.90 Å². The van der Waals surface area contributed by atoms with Gasteiger partial charge < -0.3 is 15.4 Å². The third-order valence-corrected chi connectivity index (χ3v) is 4.85. The molecular weight excluding hydrogens is 364 g/mol. The van der Waals surface area contributed by atoms with E-state index in [0.29, 0.717) is 12.1 Å². The molecule has 2 N–H and O–H groups in total. The average Bonchev–Trinajstić information content (AvgIpc) is 2.70. The molecule has 1 atom stereocenters. The number of rotatable bonds is 6. The highest BCUT2D eigenvalue weighted by atomic mass is 19.2. The van der Waals surface area contributed by atoms with Crippen molar-refractivity contribution in [2.75, 3.05) is 26.3 Å². The minimum absolute atomic E-state index is 0.363. The maximum absolute atomic E-state index is 13.4. The third kappa shape index (κ3) is 5.50. The Labute approximate surface area is 163 Å². The first-order valence-electron chi connectivity index (χ1n) is 9.39. The summed E-state index contributed by atoms with van der Waals surface area (Å²) in [5, 5.41) is 5.59. The van der Waals surface area contributed by atoms with Crippen LogP contribution in [-0.2, 0) is 17.8 Å². The Morgan fingerprint density at radius 1 is 1.11 bits per heavy atom. The van der Waals surface area contributed by atoms with Crippen LogP contribution in [-0.4, -0.2) is 37.2 Å². The highest BCUT2D eigenvalue weighted by Gasteiger charge is 2.14. The number of halogens is 2. The topological polar surface area (TPSA) is 53.6 Å². The first-order valence-corrected chi connectivity index (χ1v) is 9.39. The molecule has 1 aliphatic heterocycles. The van der Waals surface area contributed by atoms with Gasteiger partial charge in [0.15, 0.2) is 11.6 Å². The minimum atomic E-state index is -0.927. The van der Waals surface area contributed by atoms with E-state index in [-0.39, 0.29) is 6.03 Å². The zero-order valence-corrected chi connectivity index (χ0v) is 15.9. The summed E-state index contributed by atoms with van der Waals surface area (Å²) in [7, 11) is 0. The summed E-state index contributed by atoms with van der Waals surface area (Å²) in [6.45, 7) is 6.20. The van der Waals surface area contributed by atoms with Gasteiger partial charge in [0.2, 0.25) is 0 Å². The summed E-state index contributed by atoms with van der Waals surface area (Å²) in [4.78, 5) is 14.6. The zero-order chi connectivity index (χ0) is 19.9. The molecule has 0 spiro atoms. The van der Waals surface area contributed by atoms with Crippen molar-refractivity contribution < 1.29 is 18.3 Å². The van der Waals surface area contributed by atoms with Gasteiger partial charge in [0, 0.05) is 26.2 Å². The summed E-state index contributed by atoms with van der Waals surface area (Å²) < 4.78 is 31.8. The van der Waals surface area contributed by atoms with E-state index in [1.807, 2.05) is 18.2 Å². The third-order valence-electron chi connectivity index (χ3n) is 4.85. The molecule has 1 heterocycles. The Bertz CT molecular complexity index is 810. The first-order chi connectivity index (χ1) is 13.5. The van der Waals surface area contributed by atoms with E-state index < -0.39 is 17.7 Å². The highest BCUT2D eigenvalue weighted by Crippen LogP contribution is 2.16. The van der Waals surface area contributed by atoms with Crippen LogP contribution in [0, 0.1) is 11.6 Å². The fourth-order valence-corrected chi connectivity index (χ4v) is 3.17. The van der Waals surface area contributed by atoms with Crippen LogP contribution >= 0.6 is 0 Å².